The van der Waals surface area contributed by atoms with Crippen LogP contribution in [-0.4, -0.2) is 21.3 Å². The second-order valence-corrected chi connectivity index (χ2v) is 6.96. The van der Waals surface area contributed by atoms with Crippen LogP contribution < -0.4 is 9.47 Å². The number of rotatable bonds is 7. The second kappa shape index (κ2) is 7.31. The minimum Gasteiger partial charge on any atom is -0.488 e. The molecule has 0 fully saturated rings. The van der Waals surface area contributed by atoms with E-state index >= 15 is 0 Å². The molecule has 0 spiro atoms. The number of hydrogen-bond acceptors (Lipinski definition) is 4. The molecule has 0 saturated carbocycles. The smallest absolute Gasteiger partial charge is 0.179 e. The van der Waals surface area contributed by atoms with Crippen LogP contribution in [0.5, 0.6) is 11.5 Å². The van der Waals surface area contributed by atoms with E-state index in [1.165, 1.54) is 12.3 Å². The van der Waals surface area contributed by atoms with Crippen molar-refractivity contribution in [3.05, 3.63) is 54.1 Å². The van der Waals surface area contributed by atoms with Crippen LogP contribution in [0.15, 0.2) is 53.4 Å². The normalized spacial score (nSPS) is 11.2. The third kappa shape index (κ3) is 4.24. The van der Waals surface area contributed by atoms with Gasteiger partial charge in [0.2, 0.25) is 0 Å². The van der Waals surface area contributed by atoms with Crippen molar-refractivity contribution < 1.29 is 17.9 Å². The fourth-order valence-corrected chi connectivity index (χ4v) is 2.81. The van der Waals surface area contributed by atoms with Crippen molar-refractivity contribution in [2.75, 3.05) is 12.9 Å². The van der Waals surface area contributed by atoms with Gasteiger partial charge in [0, 0.05) is 6.26 Å². The second-order valence-electron chi connectivity index (χ2n) is 4.98. The summed E-state index contributed by atoms with van der Waals surface area (Å²) >= 11 is 0. The maximum absolute atomic E-state index is 11.9. The van der Waals surface area contributed by atoms with Gasteiger partial charge in [0.25, 0.3) is 0 Å². The van der Waals surface area contributed by atoms with E-state index in [9.17, 15) is 8.42 Å². The highest BCUT2D eigenvalue weighted by Gasteiger charge is 2.19. The summed E-state index contributed by atoms with van der Waals surface area (Å²) in [5.74, 6) is 0.739. The largest absolute Gasteiger partial charge is 0.488 e. The maximum atomic E-state index is 11.9. The van der Waals surface area contributed by atoms with E-state index in [4.69, 9.17) is 9.47 Å². The fourth-order valence-electron chi connectivity index (χ4n) is 1.98. The zero-order chi connectivity index (χ0) is 16.0. The first-order valence-corrected chi connectivity index (χ1v) is 9.04. The Balaban J connectivity index is 2.29. The number of para-hydroxylation sites is 1. The lowest BCUT2D eigenvalue weighted by Crippen LogP contribution is -2.06. The maximum Gasteiger partial charge on any atom is 0.179 e. The van der Waals surface area contributed by atoms with Gasteiger partial charge in [0.1, 0.15) is 11.5 Å². The van der Waals surface area contributed by atoms with Crippen LogP contribution in [0.25, 0.3) is 0 Å². The molecule has 0 bridgehead atoms. The number of ether oxygens (including phenoxy) is 2. The lowest BCUT2D eigenvalue weighted by molar-refractivity contribution is 0.256. The lowest BCUT2D eigenvalue weighted by Gasteiger charge is -2.15. The topological polar surface area (TPSA) is 52.6 Å². The lowest BCUT2D eigenvalue weighted by atomic mass is 10.2. The molecule has 2 rings (SSSR count). The molecule has 22 heavy (non-hydrogen) atoms. The number of hydrogen-bond donors (Lipinski definition) is 0. The Morgan fingerprint density at radius 3 is 2.32 bits per heavy atom. The average molecular weight is 320 g/mol. The van der Waals surface area contributed by atoms with Crippen LogP contribution in [-0.2, 0) is 16.4 Å². The van der Waals surface area contributed by atoms with Crippen LogP contribution in [0, 0.1) is 0 Å². The van der Waals surface area contributed by atoms with Gasteiger partial charge in [0.15, 0.2) is 21.3 Å². The Labute approximate surface area is 131 Å². The highest BCUT2D eigenvalue weighted by Crippen LogP contribution is 2.35. The SMILES string of the molecule is CCCOc1c(OCc2ccccc2)cccc1S(C)(=O)=O. The molecule has 0 heterocycles. The molecule has 4 nitrogen and oxygen atoms in total. The molecule has 0 saturated heterocycles. The summed E-state index contributed by atoms with van der Waals surface area (Å²) in [5, 5.41) is 0. The van der Waals surface area contributed by atoms with Crippen molar-refractivity contribution in [2.45, 2.75) is 24.8 Å². The van der Waals surface area contributed by atoms with Crippen LogP contribution in [0.1, 0.15) is 18.9 Å². The molecular weight excluding hydrogens is 300 g/mol. The molecule has 2 aromatic carbocycles. The first kappa shape index (κ1) is 16.4. The Bertz CT molecular complexity index is 709. The summed E-state index contributed by atoms with van der Waals surface area (Å²) in [6.45, 7) is 2.76. The standard InChI is InChI=1S/C17H20O4S/c1-3-12-20-17-15(10-7-11-16(17)22(2,18)19)21-13-14-8-5-4-6-9-14/h4-11H,3,12-13H2,1-2H3. The monoisotopic (exact) mass is 320 g/mol. The van der Waals surface area contributed by atoms with E-state index in [0.717, 1.165) is 12.0 Å². The van der Waals surface area contributed by atoms with Gasteiger partial charge < -0.3 is 9.47 Å². The molecule has 0 aliphatic rings. The Kier molecular flexibility index (Phi) is 5.44. The Hall–Kier alpha value is -2.01. The van der Waals surface area contributed by atoms with E-state index < -0.39 is 9.84 Å². The van der Waals surface area contributed by atoms with Crippen LogP contribution in [0.3, 0.4) is 0 Å². The van der Waals surface area contributed by atoms with E-state index in [1.54, 1.807) is 12.1 Å². The molecule has 0 atom stereocenters. The summed E-state index contributed by atoms with van der Waals surface area (Å²) in [5.41, 5.74) is 1.01. The van der Waals surface area contributed by atoms with Gasteiger partial charge >= 0.3 is 0 Å². The first-order chi connectivity index (χ1) is 10.5. The molecule has 0 aromatic heterocycles. The van der Waals surface area contributed by atoms with Gasteiger partial charge in [-0.25, -0.2) is 8.42 Å². The summed E-state index contributed by atoms with van der Waals surface area (Å²) < 4.78 is 35.2. The van der Waals surface area contributed by atoms with Crippen LogP contribution >= 0.6 is 0 Å². The van der Waals surface area contributed by atoms with Gasteiger partial charge in [-0.2, -0.15) is 0 Å². The van der Waals surface area contributed by atoms with Gasteiger partial charge in [0.05, 0.1) is 6.61 Å². The van der Waals surface area contributed by atoms with Crippen molar-refractivity contribution >= 4 is 9.84 Å². The summed E-state index contributed by atoms with van der Waals surface area (Å²) in [6, 6.07) is 14.6. The minimum absolute atomic E-state index is 0.159. The van der Waals surface area contributed by atoms with Crippen molar-refractivity contribution in [3.63, 3.8) is 0 Å². The third-order valence-corrected chi connectivity index (χ3v) is 4.15. The molecule has 0 unspecified atom stereocenters. The average Bonchev–Trinajstić information content (AvgIpc) is 2.51. The summed E-state index contributed by atoms with van der Waals surface area (Å²) in [7, 11) is -3.37. The van der Waals surface area contributed by atoms with Crippen LogP contribution in [0.4, 0.5) is 0 Å². The molecule has 118 valence electrons. The zero-order valence-electron chi connectivity index (χ0n) is 12.8. The highest BCUT2D eigenvalue weighted by atomic mass is 32.2. The molecule has 2 aromatic rings. The molecule has 0 aliphatic heterocycles. The highest BCUT2D eigenvalue weighted by molar-refractivity contribution is 7.90. The summed E-state index contributed by atoms with van der Waals surface area (Å²) in [4.78, 5) is 0.159. The van der Waals surface area contributed by atoms with E-state index in [-0.39, 0.29) is 4.90 Å². The minimum atomic E-state index is -3.37. The van der Waals surface area contributed by atoms with Crippen LogP contribution in [0.2, 0.25) is 0 Å². The fraction of sp³-hybridized carbons (Fsp3) is 0.294. The van der Waals surface area contributed by atoms with Crippen molar-refractivity contribution in [1.29, 1.82) is 0 Å². The molecule has 0 amide bonds. The van der Waals surface area contributed by atoms with Gasteiger partial charge in [-0.1, -0.05) is 43.3 Å². The van der Waals surface area contributed by atoms with Gasteiger partial charge in [-0.3, -0.25) is 0 Å². The van der Waals surface area contributed by atoms with Crippen molar-refractivity contribution in [1.82, 2.24) is 0 Å². The summed E-state index contributed by atoms with van der Waals surface area (Å²) in [6.07, 6.45) is 1.96. The van der Waals surface area contributed by atoms with E-state index in [0.29, 0.717) is 24.7 Å². The molecule has 0 radical (unpaired) electrons. The van der Waals surface area contributed by atoms with E-state index in [2.05, 4.69) is 0 Å². The predicted octanol–water partition coefficient (Wildman–Crippen LogP) is 3.46. The van der Waals surface area contributed by atoms with Crippen molar-refractivity contribution in [3.8, 4) is 11.5 Å². The molecular formula is C17H20O4S. The molecule has 0 N–H and O–H groups in total. The van der Waals surface area contributed by atoms with E-state index in [1.807, 2.05) is 37.3 Å². The Morgan fingerprint density at radius 2 is 1.68 bits per heavy atom. The van der Waals surface area contributed by atoms with Gasteiger partial charge in [-0.05, 0) is 24.1 Å². The number of benzene rings is 2. The first-order valence-electron chi connectivity index (χ1n) is 7.15. The van der Waals surface area contributed by atoms with Crippen molar-refractivity contribution in [2.24, 2.45) is 0 Å². The quantitative estimate of drug-likeness (QED) is 0.784. The molecule has 5 heteroatoms. The Morgan fingerprint density at radius 1 is 0.955 bits per heavy atom. The molecule has 0 aliphatic carbocycles. The zero-order valence-corrected chi connectivity index (χ0v) is 13.6. The number of sulfone groups is 1. The predicted molar refractivity (Wildman–Crippen MR) is 86.1 cm³/mol. The third-order valence-electron chi connectivity index (χ3n) is 3.03. The van der Waals surface area contributed by atoms with Gasteiger partial charge in [-0.15, -0.1) is 0 Å².